The molecule has 1 aromatic carbocycles. The number of nitrogens with zero attached hydrogens (tertiary/aromatic N) is 6. The fourth-order valence-corrected chi connectivity index (χ4v) is 7.19. The normalized spacial score (nSPS) is 17.3. The first-order chi connectivity index (χ1) is 18.5. The number of primary amides is 1. The van der Waals surface area contributed by atoms with E-state index >= 15 is 0 Å². The number of alkyl halides is 3. The summed E-state index contributed by atoms with van der Waals surface area (Å²) < 4.78 is 40.4. The van der Waals surface area contributed by atoms with E-state index in [1.54, 1.807) is 10.6 Å². The maximum Gasteiger partial charge on any atom is 0.393 e. The number of halogens is 3. The highest BCUT2D eigenvalue weighted by Gasteiger charge is 2.48. The predicted octanol–water partition coefficient (Wildman–Crippen LogP) is 4.13. The van der Waals surface area contributed by atoms with Gasteiger partial charge in [-0.25, -0.2) is 9.97 Å². The van der Waals surface area contributed by atoms with E-state index in [2.05, 4.69) is 31.9 Å². The average Bonchev–Trinajstić information content (AvgIpc) is 3.54. The molecule has 6 rings (SSSR count). The Morgan fingerprint density at radius 1 is 1.21 bits per heavy atom. The molecule has 0 bridgehead atoms. The summed E-state index contributed by atoms with van der Waals surface area (Å²) in [6.07, 6.45) is -2.77. The van der Waals surface area contributed by atoms with Crippen LogP contribution in [0.15, 0.2) is 30.6 Å². The number of rotatable bonds is 6. The van der Waals surface area contributed by atoms with Crippen LogP contribution in [-0.2, 0) is 24.3 Å². The number of anilines is 1. The van der Waals surface area contributed by atoms with Gasteiger partial charge in [-0.2, -0.15) is 18.4 Å². The summed E-state index contributed by atoms with van der Waals surface area (Å²) in [6, 6.07) is 9.56. The molecule has 1 spiro atoms. The number of amides is 1. The van der Waals surface area contributed by atoms with Crippen molar-refractivity contribution in [1.82, 2.24) is 19.4 Å². The van der Waals surface area contributed by atoms with E-state index in [1.807, 2.05) is 19.1 Å². The van der Waals surface area contributed by atoms with Crippen molar-refractivity contribution in [3.8, 4) is 6.07 Å². The first-order valence-electron chi connectivity index (χ1n) is 12.6. The number of carbonyl (C=O) groups excluding carboxylic acids is 1. The third-order valence-electron chi connectivity index (χ3n) is 7.88. The molecule has 0 atom stereocenters. The standard InChI is InChI=1S/C27H26F3N7OS/c1-16-17(2-3-22-20(16)6-18(9-31)37(22)11-23(32)38)10-35-12-26(13-35)4-5-36(14-26)24-21-7-19(8-27(28,29)30)39-25(21)34-15-33-24/h2-3,6-7,15H,4-5,8,10-14H2,1H3,(H2,32,38). The van der Waals surface area contributed by atoms with E-state index in [4.69, 9.17) is 5.73 Å². The number of nitrogens with two attached hydrogens (primary N) is 1. The van der Waals surface area contributed by atoms with Gasteiger partial charge in [-0.3, -0.25) is 9.69 Å². The molecular weight excluding hydrogens is 527 g/mol. The molecule has 2 fully saturated rings. The molecule has 0 unspecified atom stereocenters. The highest BCUT2D eigenvalue weighted by molar-refractivity contribution is 7.18. The Morgan fingerprint density at radius 2 is 2.00 bits per heavy atom. The number of fused-ring (bicyclic) bond motifs is 2. The SMILES string of the molecule is Cc1c(CN2CC3(CCN(c4ncnc5sc(CC(F)(F)F)cc45)C3)C2)ccc2c1cc(C#N)n2CC(N)=O. The smallest absolute Gasteiger partial charge is 0.368 e. The molecule has 2 saturated heterocycles. The van der Waals surface area contributed by atoms with E-state index < -0.39 is 18.5 Å². The Kier molecular flexibility index (Phi) is 6.04. The molecule has 8 nitrogen and oxygen atoms in total. The fourth-order valence-electron chi connectivity index (χ4n) is 6.17. The number of aromatic nitrogens is 3. The van der Waals surface area contributed by atoms with Gasteiger partial charge in [-0.15, -0.1) is 11.3 Å². The topological polar surface area (TPSA) is 104 Å². The summed E-state index contributed by atoms with van der Waals surface area (Å²) >= 11 is 1.08. The highest BCUT2D eigenvalue weighted by Crippen LogP contribution is 2.43. The molecule has 4 aromatic rings. The second-order valence-corrected chi connectivity index (χ2v) is 11.8. The van der Waals surface area contributed by atoms with Crippen LogP contribution in [-0.4, -0.2) is 57.7 Å². The molecule has 202 valence electrons. The van der Waals surface area contributed by atoms with Gasteiger partial charge in [0.2, 0.25) is 5.91 Å². The quantitative estimate of drug-likeness (QED) is 0.385. The fraction of sp³-hybridized carbons (Fsp3) is 0.407. The summed E-state index contributed by atoms with van der Waals surface area (Å²) in [5.74, 6) is 0.223. The summed E-state index contributed by atoms with van der Waals surface area (Å²) in [5, 5.41) is 11.2. The first kappa shape index (κ1) is 25.6. The maximum absolute atomic E-state index is 12.9. The summed E-state index contributed by atoms with van der Waals surface area (Å²) in [5.41, 5.74) is 8.99. The molecule has 2 aliphatic rings. The van der Waals surface area contributed by atoms with E-state index in [9.17, 15) is 23.2 Å². The molecule has 1 amide bonds. The van der Waals surface area contributed by atoms with Crippen molar-refractivity contribution in [2.24, 2.45) is 11.1 Å². The van der Waals surface area contributed by atoms with Crippen molar-refractivity contribution in [2.45, 2.75) is 39.0 Å². The Balaban J connectivity index is 1.15. The maximum atomic E-state index is 12.9. The van der Waals surface area contributed by atoms with Gasteiger partial charge in [0.1, 0.15) is 35.3 Å². The summed E-state index contributed by atoms with van der Waals surface area (Å²) in [4.78, 5) is 25.6. The second-order valence-electron chi connectivity index (χ2n) is 10.7. The van der Waals surface area contributed by atoms with Gasteiger partial charge >= 0.3 is 6.18 Å². The number of hydrogen-bond donors (Lipinski definition) is 1. The number of likely N-dealkylation sites (tertiary alicyclic amines) is 1. The van der Waals surface area contributed by atoms with Crippen molar-refractivity contribution in [3.63, 3.8) is 0 Å². The van der Waals surface area contributed by atoms with Gasteiger partial charge in [-0.05, 0) is 42.7 Å². The Labute approximate surface area is 226 Å². The van der Waals surface area contributed by atoms with Gasteiger partial charge < -0.3 is 15.2 Å². The zero-order valence-corrected chi connectivity index (χ0v) is 22.1. The third kappa shape index (κ3) is 4.70. The van der Waals surface area contributed by atoms with Crippen molar-refractivity contribution in [2.75, 3.05) is 31.1 Å². The van der Waals surface area contributed by atoms with Crippen molar-refractivity contribution in [3.05, 3.63) is 52.3 Å². The van der Waals surface area contributed by atoms with Crippen LogP contribution in [0.3, 0.4) is 0 Å². The predicted molar refractivity (Wildman–Crippen MR) is 142 cm³/mol. The first-order valence-corrected chi connectivity index (χ1v) is 13.4. The van der Waals surface area contributed by atoms with Gasteiger partial charge in [0.25, 0.3) is 0 Å². The van der Waals surface area contributed by atoms with Crippen LogP contribution in [0.25, 0.3) is 21.1 Å². The number of nitriles is 1. The lowest BCUT2D eigenvalue weighted by Gasteiger charge is -2.48. The van der Waals surface area contributed by atoms with Crippen LogP contribution in [0.1, 0.15) is 28.1 Å². The van der Waals surface area contributed by atoms with Crippen LogP contribution >= 0.6 is 11.3 Å². The molecular formula is C27H26F3N7OS. The largest absolute Gasteiger partial charge is 0.393 e. The number of benzene rings is 1. The summed E-state index contributed by atoms with van der Waals surface area (Å²) in [7, 11) is 0. The van der Waals surface area contributed by atoms with Crippen LogP contribution in [0.5, 0.6) is 0 Å². The minimum absolute atomic E-state index is 0.0377. The zero-order chi connectivity index (χ0) is 27.5. The molecule has 0 aliphatic carbocycles. The van der Waals surface area contributed by atoms with E-state index in [0.717, 1.165) is 72.8 Å². The van der Waals surface area contributed by atoms with E-state index in [1.165, 1.54) is 11.9 Å². The van der Waals surface area contributed by atoms with Crippen LogP contribution in [0, 0.1) is 23.7 Å². The molecule has 0 radical (unpaired) electrons. The number of hydrogen-bond acceptors (Lipinski definition) is 7. The Morgan fingerprint density at radius 3 is 2.72 bits per heavy atom. The number of carbonyl (C=O) groups is 1. The molecule has 5 heterocycles. The van der Waals surface area contributed by atoms with E-state index in [-0.39, 0.29) is 16.8 Å². The second kappa shape index (κ2) is 9.20. The molecule has 2 aliphatic heterocycles. The molecule has 3 aromatic heterocycles. The minimum atomic E-state index is -4.25. The van der Waals surface area contributed by atoms with Crippen molar-refractivity contribution >= 4 is 44.2 Å². The third-order valence-corrected chi connectivity index (χ3v) is 8.92. The van der Waals surface area contributed by atoms with Crippen LogP contribution < -0.4 is 10.6 Å². The average molecular weight is 554 g/mol. The molecule has 2 N–H and O–H groups in total. The Hall–Kier alpha value is -3.69. The highest BCUT2D eigenvalue weighted by atomic mass is 32.1. The lowest BCUT2D eigenvalue weighted by Crippen LogP contribution is -2.56. The number of thiophene rings is 1. The lowest BCUT2D eigenvalue weighted by molar-refractivity contribution is -0.126. The van der Waals surface area contributed by atoms with Gasteiger partial charge in [0.05, 0.1) is 11.8 Å². The lowest BCUT2D eigenvalue weighted by atomic mass is 9.78. The minimum Gasteiger partial charge on any atom is -0.368 e. The van der Waals surface area contributed by atoms with Crippen molar-refractivity contribution < 1.29 is 18.0 Å². The summed E-state index contributed by atoms with van der Waals surface area (Å²) in [6.45, 7) is 6.22. The van der Waals surface area contributed by atoms with Crippen LogP contribution in [0.2, 0.25) is 0 Å². The molecule has 39 heavy (non-hydrogen) atoms. The zero-order valence-electron chi connectivity index (χ0n) is 21.3. The monoisotopic (exact) mass is 553 g/mol. The number of aryl methyl sites for hydroxylation is 1. The van der Waals surface area contributed by atoms with Crippen molar-refractivity contribution in [1.29, 1.82) is 5.26 Å². The van der Waals surface area contributed by atoms with Crippen LogP contribution in [0.4, 0.5) is 19.0 Å². The van der Waals surface area contributed by atoms with Gasteiger partial charge in [0.15, 0.2) is 0 Å². The Bertz CT molecular complexity index is 1650. The molecule has 12 heteroatoms. The van der Waals surface area contributed by atoms with Gasteiger partial charge in [0, 0.05) is 53.9 Å². The van der Waals surface area contributed by atoms with Gasteiger partial charge in [-0.1, -0.05) is 6.07 Å². The van der Waals surface area contributed by atoms with E-state index in [0.29, 0.717) is 15.9 Å². The molecule has 0 saturated carbocycles.